The van der Waals surface area contributed by atoms with Gasteiger partial charge >= 0.3 is 6.16 Å². The molecule has 5 heteroatoms. The van der Waals surface area contributed by atoms with Crippen LogP contribution < -0.4 is 4.74 Å². The van der Waals surface area contributed by atoms with E-state index in [1.54, 1.807) is 6.92 Å². The largest absolute Gasteiger partial charge is 0.515 e. The second-order valence-corrected chi connectivity index (χ2v) is 4.28. The number of hydrogen-bond acceptors (Lipinski definition) is 4. The van der Waals surface area contributed by atoms with E-state index < -0.39 is 6.16 Å². The molecule has 0 bridgehead atoms. The highest BCUT2D eigenvalue weighted by atomic mass is 16.7. The predicted octanol–water partition coefficient (Wildman–Crippen LogP) is 3.13. The molecule has 0 aliphatic rings. The van der Waals surface area contributed by atoms with Crippen molar-refractivity contribution in [3.05, 3.63) is 28.8 Å². The minimum atomic E-state index is -0.827. The van der Waals surface area contributed by atoms with Crippen LogP contribution in [0.25, 0.3) is 10.9 Å². The molecule has 2 rings (SSSR count). The van der Waals surface area contributed by atoms with E-state index in [0.717, 1.165) is 22.0 Å². The van der Waals surface area contributed by atoms with Gasteiger partial charge in [0.05, 0.1) is 12.2 Å². The lowest BCUT2D eigenvalue weighted by Crippen LogP contribution is -2.11. The van der Waals surface area contributed by atoms with Crippen molar-refractivity contribution in [2.24, 2.45) is 0 Å². The molecule has 0 aliphatic heterocycles. The summed E-state index contributed by atoms with van der Waals surface area (Å²) in [4.78, 5) is 25.5. The second kappa shape index (κ2) is 5.14. The Morgan fingerprint density at radius 2 is 2.11 bits per heavy atom. The van der Waals surface area contributed by atoms with Crippen LogP contribution >= 0.6 is 0 Å². The average Bonchev–Trinajstić information content (AvgIpc) is 2.66. The van der Waals surface area contributed by atoms with Gasteiger partial charge in [0, 0.05) is 10.9 Å². The van der Waals surface area contributed by atoms with Gasteiger partial charge in [0.2, 0.25) is 5.88 Å². The van der Waals surface area contributed by atoms with Crippen molar-refractivity contribution in [2.75, 3.05) is 6.61 Å². The highest BCUT2D eigenvalue weighted by molar-refractivity contribution is 6.02. The lowest BCUT2D eigenvalue weighted by Gasteiger charge is -2.02. The molecule has 0 spiro atoms. The van der Waals surface area contributed by atoms with Crippen molar-refractivity contribution in [3.8, 4) is 5.88 Å². The molecule has 0 atom stereocenters. The van der Waals surface area contributed by atoms with Crippen LogP contribution in [0.5, 0.6) is 5.88 Å². The standard InChI is InChI=1S/C14H15NO4/c1-4-18-14(17)19-13-10(7-16)12-9(3)5-8(2)6-11(12)15-13/h5-7,15H,4H2,1-3H3. The molecule has 1 heterocycles. The Kier molecular flexibility index (Phi) is 3.55. The zero-order valence-electron chi connectivity index (χ0n) is 11.1. The number of carbonyl (C=O) groups excluding carboxylic acids is 2. The summed E-state index contributed by atoms with van der Waals surface area (Å²) >= 11 is 0. The minimum Gasteiger partial charge on any atom is -0.434 e. The fourth-order valence-electron chi connectivity index (χ4n) is 2.15. The highest BCUT2D eigenvalue weighted by Gasteiger charge is 2.17. The molecule has 2 aromatic rings. The molecular weight excluding hydrogens is 246 g/mol. The van der Waals surface area contributed by atoms with Crippen LogP contribution in [-0.2, 0) is 4.74 Å². The Balaban J connectivity index is 2.53. The number of fused-ring (bicyclic) bond motifs is 1. The number of nitrogens with one attached hydrogen (secondary N) is 1. The van der Waals surface area contributed by atoms with E-state index in [-0.39, 0.29) is 12.5 Å². The molecule has 0 saturated carbocycles. The number of aldehydes is 1. The van der Waals surface area contributed by atoms with Gasteiger partial charge in [-0.1, -0.05) is 6.07 Å². The fourth-order valence-corrected chi connectivity index (χ4v) is 2.15. The lowest BCUT2D eigenvalue weighted by molar-refractivity contribution is 0.102. The molecule has 0 unspecified atom stereocenters. The van der Waals surface area contributed by atoms with Crippen molar-refractivity contribution in [1.29, 1.82) is 0 Å². The molecule has 100 valence electrons. The lowest BCUT2D eigenvalue weighted by atomic mass is 10.1. The van der Waals surface area contributed by atoms with Gasteiger partial charge in [0.15, 0.2) is 6.29 Å². The maximum absolute atomic E-state index is 11.3. The van der Waals surface area contributed by atoms with Crippen molar-refractivity contribution in [2.45, 2.75) is 20.8 Å². The van der Waals surface area contributed by atoms with Crippen LogP contribution in [0, 0.1) is 13.8 Å². The summed E-state index contributed by atoms with van der Waals surface area (Å²) < 4.78 is 9.71. The molecule has 0 amide bonds. The van der Waals surface area contributed by atoms with E-state index in [1.165, 1.54) is 0 Å². The van der Waals surface area contributed by atoms with E-state index >= 15 is 0 Å². The quantitative estimate of drug-likeness (QED) is 0.680. The van der Waals surface area contributed by atoms with E-state index in [2.05, 4.69) is 4.98 Å². The minimum absolute atomic E-state index is 0.122. The number of rotatable bonds is 3. The Morgan fingerprint density at radius 3 is 2.74 bits per heavy atom. The van der Waals surface area contributed by atoms with Gasteiger partial charge in [-0.05, 0) is 38.0 Å². The number of carbonyl (C=O) groups is 2. The van der Waals surface area contributed by atoms with E-state index in [1.807, 2.05) is 26.0 Å². The monoisotopic (exact) mass is 261 g/mol. The average molecular weight is 261 g/mol. The van der Waals surface area contributed by atoms with E-state index in [9.17, 15) is 9.59 Å². The number of H-pyrrole nitrogens is 1. The van der Waals surface area contributed by atoms with E-state index in [0.29, 0.717) is 11.8 Å². The first kappa shape index (κ1) is 13.1. The van der Waals surface area contributed by atoms with Crippen LogP contribution in [-0.4, -0.2) is 24.0 Å². The summed E-state index contributed by atoms with van der Waals surface area (Å²) in [5, 5.41) is 0.764. The molecule has 0 saturated heterocycles. The van der Waals surface area contributed by atoms with Crippen LogP contribution in [0.4, 0.5) is 4.79 Å². The normalized spacial score (nSPS) is 10.5. The summed E-state index contributed by atoms with van der Waals surface area (Å²) in [6.07, 6.45) is -0.151. The smallest absolute Gasteiger partial charge is 0.434 e. The van der Waals surface area contributed by atoms with Crippen molar-refractivity contribution in [1.82, 2.24) is 4.98 Å². The molecule has 0 aliphatic carbocycles. The van der Waals surface area contributed by atoms with Gasteiger partial charge in [-0.15, -0.1) is 0 Å². The first-order chi connectivity index (χ1) is 9.06. The van der Waals surface area contributed by atoms with Gasteiger partial charge < -0.3 is 14.5 Å². The third-order valence-electron chi connectivity index (χ3n) is 2.81. The maximum Gasteiger partial charge on any atom is 0.515 e. The number of hydrogen-bond donors (Lipinski definition) is 1. The topological polar surface area (TPSA) is 68.4 Å². The van der Waals surface area contributed by atoms with Crippen LogP contribution in [0.2, 0.25) is 0 Å². The van der Waals surface area contributed by atoms with E-state index in [4.69, 9.17) is 9.47 Å². The third-order valence-corrected chi connectivity index (χ3v) is 2.81. The molecular formula is C14H15NO4. The Hall–Kier alpha value is -2.30. The molecule has 1 aromatic carbocycles. The number of aromatic nitrogens is 1. The first-order valence-electron chi connectivity index (χ1n) is 5.99. The molecule has 19 heavy (non-hydrogen) atoms. The van der Waals surface area contributed by atoms with Gasteiger partial charge in [0.25, 0.3) is 0 Å². The van der Waals surface area contributed by atoms with Gasteiger partial charge in [-0.2, -0.15) is 0 Å². The van der Waals surface area contributed by atoms with Gasteiger partial charge in [-0.25, -0.2) is 4.79 Å². The number of ether oxygens (including phenoxy) is 2. The predicted molar refractivity (Wildman–Crippen MR) is 70.8 cm³/mol. The fraction of sp³-hybridized carbons (Fsp3) is 0.286. The zero-order chi connectivity index (χ0) is 14.0. The summed E-state index contributed by atoms with van der Waals surface area (Å²) in [6, 6.07) is 3.87. The van der Waals surface area contributed by atoms with Crippen molar-refractivity contribution >= 4 is 23.3 Å². The number of benzene rings is 1. The summed E-state index contributed by atoms with van der Waals surface area (Å²) in [5.74, 6) is 0.122. The van der Waals surface area contributed by atoms with Crippen LogP contribution in [0.1, 0.15) is 28.4 Å². The number of aryl methyl sites for hydroxylation is 2. The number of aromatic amines is 1. The van der Waals surface area contributed by atoms with Crippen molar-refractivity contribution < 1.29 is 19.1 Å². The Labute approximate surface area is 110 Å². The Morgan fingerprint density at radius 1 is 1.37 bits per heavy atom. The summed E-state index contributed by atoms with van der Waals surface area (Å²) in [6.45, 7) is 5.76. The van der Waals surface area contributed by atoms with Crippen LogP contribution in [0.15, 0.2) is 12.1 Å². The maximum atomic E-state index is 11.3. The Bertz CT molecular complexity index is 642. The molecule has 1 N–H and O–H groups in total. The molecule has 1 aromatic heterocycles. The van der Waals surface area contributed by atoms with Gasteiger partial charge in [-0.3, -0.25) is 4.79 Å². The van der Waals surface area contributed by atoms with Crippen LogP contribution in [0.3, 0.4) is 0 Å². The molecule has 5 nitrogen and oxygen atoms in total. The first-order valence-corrected chi connectivity index (χ1v) is 5.99. The zero-order valence-corrected chi connectivity index (χ0v) is 11.1. The SMILES string of the molecule is CCOC(=O)Oc1[nH]c2cc(C)cc(C)c2c1C=O. The second-order valence-electron chi connectivity index (χ2n) is 4.28. The summed E-state index contributed by atoms with van der Waals surface area (Å²) in [5.41, 5.74) is 3.11. The highest BCUT2D eigenvalue weighted by Crippen LogP contribution is 2.30. The van der Waals surface area contributed by atoms with Gasteiger partial charge in [0.1, 0.15) is 0 Å². The summed E-state index contributed by atoms with van der Waals surface area (Å²) in [7, 11) is 0. The molecule has 0 radical (unpaired) electrons. The molecule has 0 fully saturated rings. The third kappa shape index (κ3) is 2.45. The van der Waals surface area contributed by atoms with Crippen molar-refractivity contribution in [3.63, 3.8) is 0 Å².